The zero-order valence-electron chi connectivity index (χ0n) is 17.8. The summed E-state index contributed by atoms with van der Waals surface area (Å²) in [6.07, 6.45) is 2.02. The summed E-state index contributed by atoms with van der Waals surface area (Å²) in [5.41, 5.74) is 3.06. The number of ether oxygens (including phenoxy) is 1. The fourth-order valence-electron chi connectivity index (χ4n) is 3.14. The molecule has 0 N–H and O–H groups in total. The topological polar surface area (TPSA) is 56.5 Å². The summed E-state index contributed by atoms with van der Waals surface area (Å²) < 4.78 is 7.68. The Morgan fingerprint density at radius 3 is 2.27 bits per heavy atom. The largest absolute Gasteiger partial charge is 0.491 e. The van der Waals surface area contributed by atoms with E-state index in [-0.39, 0.29) is 17.1 Å². The van der Waals surface area contributed by atoms with Crippen molar-refractivity contribution in [3.05, 3.63) is 74.5 Å². The van der Waals surface area contributed by atoms with E-state index in [1.54, 1.807) is 0 Å². The molecule has 2 aromatic heterocycles. The molecule has 154 valence electrons. The molecule has 2 heterocycles. The molecule has 0 saturated carbocycles. The van der Waals surface area contributed by atoms with Crippen molar-refractivity contribution in [1.82, 2.24) is 14.6 Å². The molecule has 0 fully saturated rings. The predicted molar refractivity (Wildman–Crippen MR) is 122 cm³/mol. The third-order valence-corrected chi connectivity index (χ3v) is 5.70. The van der Waals surface area contributed by atoms with Crippen molar-refractivity contribution >= 4 is 22.4 Å². The Morgan fingerprint density at radius 1 is 1.03 bits per heavy atom. The maximum atomic E-state index is 12.8. The van der Waals surface area contributed by atoms with Gasteiger partial charge in [0, 0.05) is 5.56 Å². The van der Waals surface area contributed by atoms with Gasteiger partial charge in [-0.15, -0.1) is 5.10 Å². The summed E-state index contributed by atoms with van der Waals surface area (Å²) in [6.45, 7) is 10.5. The molecule has 0 atom stereocenters. The third-order valence-electron chi connectivity index (χ3n) is 4.74. The molecule has 4 rings (SSSR count). The maximum Gasteiger partial charge on any atom is 0.291 e. The number of hydrogen-bond donors (Lipinski definition) is 0. The normalized spacial score (nSPS) is 12.8. The van der Waals surface area contributed by atoms with Crippen LogP contribution in [0.2, 0.25) is 0 Å². The van der Waals surface area contributed by atoms with E-state index < -0.39 is 0 Å². The van der Waals surface area contributed by atoms with Gasteiger partial charge in [-0.2, -0.15) is 9.50 Å². The molecule has 30 heavy (non-hydrogen) atoms. The lowest BCUT2D eigenvalue weighted by atomic mass is 9.87. The third kappa shape index (κ3) is 4.14. The first-order valence-corrected chi connectivity index (χ1v) is 10.8. The van der Waals surface area contributed by atoms with Crippen LogP contribution in [0, 0.1) is 0 Å². The maximum absolute atomic E-state index is 12.8. The van der Waals surface area contributed by atoms with Gasteiger partial charge in [0.15, 0.2) is 5.82 Å². The van der Waals surface area contributed by atoms with E-state index in [2.05, 4.69) is 43.0 Å². The predicted octanol–water partition coefficient (Wildman–Crippen LogP) is 4.45. The molecule has 0 bridgehead atoms. The molecule has 0 aliphatic carbocycles. The van der Waals surface area contributed by atoms with Crippen LogP contribution in [0.5, 0.6) is 5.75 Å². The van der Waals surface area contributed by atoms with E-state index in [9.17, 15) is 4.79 Å². The van der Waals surface area contributed by atoms with Gasteiger partial charge in [0.05, 0.1) is 10.6 Å². The first kappa shape index (κ1) is 20.3. The number of fused-ring (bicyclic) bond motifs is 1. The van der Waals surface area contributed by atoms with Gasteiger partial charge >= 0.3 is 0 Å². The second-order valence-electron chi connectivity index (χ2n) is 8.61. The van der Waals surface area contributed by atoms with Crippen LogP contribution in [0.1, 0.15) is 45.7 Å². The Bertz CT molecular complexity index is 1280. The summed E-state index contributed by atoms with van der Waals surface area (Å²) >= 11 is 1.35. The van der Waals surface area contributed by atoms with Crippen molar-refractivity contribution in [2.24, 2.45) is 0 Å². The molecule has 0 unspecified atom stereocenters. The van der Waals surface area contributed by atoms with Gasteiger partial charge in [-0.05, 0) is 60.7 Å². The number of aromatic nitrogens is 3. The van der Waals surface area contributed by atoms with E-state index in [1.807, 2.05) is 56.3 Å². The SMILES string of the molecule is CC(C)Oc1ccc(-c2nc3s/c(=C\c4ccc(C(C)(C)C)cc4)c(=O)n3n2)cc1. The first-order chi connectivity index (χ1) is 14.2. The van der Waals surface area contributed by atoms with E-state index >= 15 is 0 Å². The van der Waals surface area contributed by atoms with E-state index in [0.29, 0.717) is 15.3 Å². The van der Waals surface area contributed by atoms with Crippen LogP contribution in [-0.2, 0) is 5.41 Å². The minimum Gasteiger partial charge on any atom is -0.491 e. The minimum atomic E-state index is -0.145. The average molecular weight is 420 g/mol. The molecule has 0 aliphatic heterocycles. The van der Waals surface area contributed by atoms with Crippen LogP contribution in [0.25, 0.3) is 22.4 Å². The monoisotopic (exact) mass is 419 g/mol. The van der Waals surface area contributed by atoms with Crippen molar-refractivity contribution in [1.29, 1.82) is 0 Å². The molecule has 2 aromatic carbocycles. The second kappa shape index (κ2) is 7.69. The van der Waals surface area contributed by atoms with Gasteiger partial charge < -0.3 is 4.74 Å². The Hall–Kier alpha value is -2.99. The summed E-state index contributed by atoms with van der Waals surface area (Å²) in [6, 6.07) is 15.9. The number of benzene rings is 2. The number of hydrogen-bond acceptors (Lipinski definition) is 5. The lowest BCUT2D eigenvalue weighted by Crippen LogP contribution is -2.23. The quantitative estimate of drug-likeness (QED) is 0.490. The summed E-state index contributed by atoms with van der Waals surface area (Å²) in [7, 11) is 0. The van der Waals surface area contributed by atoms with E-state index in [1.165, 1.54) is 21.4 Å². The molecule has 0 aliphatic rings. The highest BCUT2D eigenvalue weighted by Gasteiger charge is 2.14. The lowest BCUT2D eigenvalue weighted by molar-refractivity contribution is 0.242. The van der Waals surface area contributed by atoms with Crippen molar-refractivity contribution < 1.29 is 4.74 Å². The van der Waals surface area contributed by atoms with Crippen molar-refractivity contribution in [3.63, 3.8) is 0 Å². The highest BCUT2D eigenvalue weighted by Crippen LogP contribution is 2.23. The minimum absolute atomic E-state index is 0.102. The molecule has 0 spiro atoms. The van der Waals surface area contributed by atoms with Gasteiger partial charge in [-0.25, -0.2) is 0 Å². The van der Waals surface area contributed by atoms with Crippen LogP contribution >= 0.6 is 11.3 Å². The molecule has 5 nitrogen and oxygen atoms in total. The molecule has 0 radical (unpaired) electrons. The smallest absolute Gasteiger partial charge is 0.291 e. The van der Waals surface area contributed by atoms with E-state index in [0.717, 1.165) is 16.9 Å². The van der Waals surface area contributed by atoms with Crippen molar-refractivity contribution in [2.45, 2.75) is 46.1 Å². The van der Waals surface area contributed by atoms with Gasteiger partial charge in [-0.1, -0.05) is 56.4 Å². The Morgan fingerprint density at radius 2 is 1.70 bits per heavy atom. The average Bonchev–Trinajstić information content (AvgIpc) is 3.21. The van der Waals surface area contributed by atoms with Crippen molar-refractivity contribution in [3.8, 4) is 17.1 Å². The fraction of sp³-hybridized carbons (Fsp3) is 0.292. The van der Waals surface area contributed by atoms with Crippen LogP contribution in [0.3, 0.4) is 0 Å². The summed E-state index contributed by atoms with van der Waals surface area (Å²) in [5, 5.41) is 4.42. The zero-order chi connectivity index (χ0) is 21.5. The standard InChI is InChI=1S/C24H25N3O2S/c1-15(2)29-19-12-8-17(9-13-19)21-25-23-27(26-21)22(28)20(30-23)14-16-6-10-18(11-7-16)24(3,4)5/h6-15H,1-5H3/b20-14-. The van der Waals surface area contributed by atoms with E-state index in [4.69, 9.17) is 4.74 Å². The molecule has 0 saturated heterocycles. The highest BCUT2D eigenvalue weighted by atomic mass is 32.1. The number of nitrogens with zero attached hydrogens (tertiary/aromatic N) is 3. The molecular formula is C24H25N3O2S. The lowest BCUT2D eigenvalue weighted by Gasteiger charge is -2.18. The van der Waals surface area contributed by atoms with Crippen LogP contribution in [-0.4, -0.2) is 20.7 Å². The highest BCUT2D eigenvalue weighted by molar-refractivity contribution is 7.15. The van der Waals surface area contributed by atoms with Crippen LogP contribution < -0.4 is 14.8 Å². The van der Waals surface area contributed by atoms with Gasteiger partial charge in [0.1, 0.15) is 5.75 Å². The van der Waals surface area contributed by atoms with Crippen molar-refractivity contribution in [2.75, 3.05) is 0 Å². The molecular weight excluding hydrogens is 394 g/mol. The van der Waals surface area contributed by atoms with Crippen LogP contribution in [0.4, 0.5) is 0 Å². The van der Waals surface area contributed by atoms with Gasteiger partial charge in [-0.3, -0.25) is 4.79 Å². The first-order valence-electron chi connectivity index (χ1n) is 10.00. The van der Waals surface area contributed by atoms with Gasteiger partial charge in [0.2, 0.25) is 4.96 Å². The Balaban J connectivity index is 1.64. The van der Waals surface area contributed by atoms with Gasteiger partial charge in [0.25, 0.3) is 5.56 Å². The summed E-state index contributed by atoms with van der Waals surface area (Å²) in [5.74, 6) is 1.34. The second-order valence-corrected chi connectivity index (χ2v) is 9.62. The summed E-state index contributed by atoms with van der Waals surface area (Å²) in [4.78, 5) is 17.9. The Kier molecular flexibility index (Phi) is 5.20. The zero-order valence-corrected chi connectivity index (χ0v) is 18.7. The Labute approximate surface area is 179 Å². The fourth-order valence-corrected chi connectivity index (χ4v) is 4.05. The molecule has 0 amide bonds. The number of thiazole rings is 1. The number of rotatable bonds is 4. The molecule has 6 heteroatoms. The van der Waals surface area contributed by atoms with Crippen LogP contribution in [0.15, 0.2) is 53.3 Å². The molecule has 4 aromatic rings.